The molecule has 0 aromatic carbocycles. The summed E-state index contributed by atoms with van der Waals surface area (Å²) < 4.78 is 51.9. The zero-order valence-corrected chi connectivity index (χ0v) is 17.6. The molecule has 0 radical (unpaired) electrons. The smallest absolute Gasteiger partial charge is 0.387 e. The van der Waals surface area contributed by atoms with Crippen molar-refractivity contribution >= 4 is 40.4 Å². The lowest BCUT2D eigenvalue weighted by Gasteiger charge is -2.19. The van der Waals surface area contributed by atoms with Gasteiger partial charge in [-0.2, -0.15) is 8.62 Å². The van der Waals surface area contributed by atoms with Crippen LogP contribution in [0, 0.1) is 0 Å². The number of anilines is 1. The first-order valence-electron chi connectivity index (χ1n) is 7.92. The van der Waals surface area contributed by atoms with Gasteiger partial charge >= 0.3 is 23.5 Å². The van der Waals surface area contributed by atoms with E-state index in [2.05, 4.69) is 28.1 Å². The maximum Gasteiger partial charge on any atom is 0.490 e. The predicted octanol–water partition coefficient (Wildman–Crippen LogP) is -1.63. The standard InChI is InChI=1S/C10H16N5O13P3/c11-8-5-9(13-2-12-8)15(3-14-5)10-7(17)6(16)4(26-10)1-25-30(21,22)28-31(23,24)27-29(18,19)20/h2-4,6-7,10,16-17H,1H2,(H,21,22)(H,23,24)(H2,11,12,13)(H2,18,19,20)/t4-,6-,7-,10-/m1/s1/i1+1,2+1,3+1,4+1,5+1,6+1,7+1,8+1,9+1,10+1,11+0,12+0,13+0,14+0,15+0. The Morgan fingerprint density at radius 1 is 1.03 bits per heavy atom. The number of aliphatic hydroxyl groups is 2. The van der Waals surface area contributed by atoms with Gasteiger partial charge in [0.1, 0.15) is 30.2 Å². The van der Waals surface area contributed by atoms with Crippen LogP contribution >= 0.6 is 23.5 Å². The van der Waals surface area contributed by atoms with Crippen LogP contribution in [-0.2, 0) is 31.6 Å². The van der Waals surface area contributed by atoms with Crippen molar-refractivity contribution in [2.75, 3.05) is 12.3 Å². The van der Waals surface area contributed by atoms with E-state index in [1.165, 1.54) is 10.9 Å². The third-order valence-electron chi connectivity index (χ3n) is 3.82. The highest BCUT2D eigenvalue weighted by molar-refractivity contribution is 7.66. The first-order valence-corrected chi connectivity index (χ1v) is 12.4. The zero-order valence-electron chi connectivity index (χ0n) is 14.9. The van der Waals surface area contributed by atoms with Crippen molar-refractivity contribution in [2.24, 2.45) is 0 Å². The van der Waals surface area contributed by atoms with Crippen LogP contribution < -0.4 is 5.73 Å². The molecule has 174 valence electrons. The molecule has 0 saturated carbocycles. The number of aromatic nitrogens is 4. The van der Waals surface area contributed by atoms with Crippen LogP contribution in [0.15, 0.2) is 12.7 Å². The van der Waals surface area contributed by atoms with Gasteiger partial charge in [0.25, 0.3) is 0 Å². The molecule has 0 amide bonds. The Morgan fingerprint density at radius 2 is 1.71 bits per heavy atom. The minimum atomic E-state index is -5.70. The molecule has 21 heteroatoms. The molecule has 0 bridgehead atoms. The van der Waals surface area contributed by atoms with E-state index in [0.717, 1.165) is 6.33 Å². The van der Waals surface area contributed by atoms with Crippen LogP contribution in [-0.4, -0.2) is 74.2 Å². The van der Waals surface area contributed by atoms with Crippen LogP contribution in [0.1, 0.15) is 6.23 Å². The lowest BCUT2D eigenvalue weighted by Crippen LogP contribution is -2.33. The third-order valence-corrected chi connectivity index (χ3v) is 7.62. The highest BCUT2D eigenvalue weighted by Gasteiger charge is 2.47. The van der Waals surface area contributed by atoms with Crippen LogP contribution in [0.2, 0.25) is 0 Å². The molecule has 0 spiro atoms. The number of fused-ring (bicyclic) bond motifs is 1. The summed E-state index contributed by atoms with van der Waals surface area (Å²) in [5, 5.41) is 20.4. The van der Waals surface area contributed by atoms with Gasteiger partial charge in [-0.3, -0.25) is 9.09 Å². The van der Waals surface area contributed by atoms with E-state index in [9.17, 15) is 28.8 Å². The van der Waals surface area contributed by atoms with Crippen molar-refractivity contribution in [1.29, 1.82) is 0 Å². The van der Waals surface area contributed by atoms with Crippen molar-refractivity contribution in [3.63, 3.8) is 0 Å². The van der Waals surface area contributed by atoms with E-state index >= 15 is 0 Å². The van der Waals surface area contributed by atoms with Crippen molar-refractivity contribution in [2.45, 2.75) is 24.5 Å². The van der Waals surface area contributed by atoms with Crippen LogP contribution in [0.4, 0.5) is 5.82 Å². The van der Waals surface area contributed by atoms with Crippen molar-refractivity contribution in [3.05, 3.63) is 12.7 Å². The van der Waals surface area contributed by atoms with Gasteiger partial charge in [-0.15, -0.1) is 0 Å². The Morgan fingerprint density at radius 3 is 2.35 bits per heavy atom. The fourth-order valence-electron chi connectivity index (χ4n) is 2.62. The first-order chi connectivity index (χ1) is 14.2. The maximum atomic E-state index is 11.8. The normalized spacial score (nSPS) is 28.5. The molecular formula is C10H16N5O13P3. The van der Waals surface area contributed by atoms with E-state index in [4.69, 9.17) is 25.2 Å². The molecule has 1 aliphatic heterocycles. The fourth-order valence-corrected chi connectivity index (χ4v) is 5.65. The van der Waals surface area contributed by atoms with Crippen LogP contribution in [0.25, 0.3) is 11.2 Å². The summed E-state index contributed by atoms with van der Waals surface area (Å²) in [5.41, 5.74) is 6.00. The Balaban J connectivity index is 1.69. The SMILES string of the molecule is [14NH2][13c]1[14n][13cH][14n][13c]2[13c]1[14n][13cH][14n]2[13C@@H]1O[13C@H]([13CH2]OP(=O)(O)OP(=O)(O)OP(=O)(O)O)[13C@@H](O)[13C@H]1O. The number of phosphoric ester groups is 1. The predicted molar refractivity (Wildman–Crippen MR) is 95.5 cm³/mol. The number of imidazole rings is 1. The van der Waals surface area contributed by atoms with Gasteiger partial charge in [0, 0.05) is 0 Å². The number of ether oxygens (including phenoxy) is 1. The number of nitrogens with zero attached hydrogens (tertiary/aromatic N) is 4. The van der Waals surface area contributed by atoms with Gasteiger partial charge in [0.2, 0.25) is 0 Å². The topological polar surface area (TPSA) is 279 Å². The molecule has 6 atom stereocenters. The lowest BCUT2D eigenvalue weighted by atomic mass is 11.1. The number of hydrogen-bond acceptors (Lipinski definition) is 13. The number of aliphatic hydroxyl groups excluding tert-OH is 2. The molecular weight excluding hydrogens is 501 g/mol. The summed E-state index contributed by atoms with van der Waals surface area (Å²) in [6.07, 6.45) is -3.69. The summed E-state index contributed by atoms with van der Waals surface area (Å²) in [6, 6.07) is 0. The Bertz CT molecular complexity index is 1100. The molecule has 0 aliphatic carbocycles. The molecule has 2 aromatic heterocycles. The van der Waals surface area contributed by atoms with E-state index in [-0.39, 0.29) is 17.0 Å². The summed E-state index contributed by atoms with van der Waals surface area (Å²) in [6.45, 7) is -0.956. The first kappa shape index (κ1) is 24.3. The second-order valence-corrected chi connectivity index (χ2v) is 10.4. The number of nitrogens with two attached hydrogens (primary N) is 1. The Kier molecular flexibility index (Phi) is 6.68. The van der Waals surface area contributed by atoms with Crippen LogP contribution in [0.5, 0.6) is 0 Å². The van der Waals surface area contributed by atoms with Crippen molar-refractivity contribution in [3.8, 4) is 0 Å². The van der Waals surface area contributed by atoms with Gasteiger partial charge < -0.3 is 40.3 Å². The van der Waals surface area contributed by atoms with Gasteiger partial charge in [0.15, 0.2) is 17.7 Å². The Hall–Kier alpha value is -1.36. The summed E-state index contributed by atoms with van der Waals surface area (Å²) in [4.78, 5) is 47.2. The second-order valence-electron chi connectivity index (χ2n) is 6.02. The minimum absolute atomic E-state index is 0.0426. The number of rotatable bonds is 8. The number of hydrogen-bond donors (Lipinski definition) is 7. The fraction of sp³-hybridized carbons (Fsp3) is 0.500. The van der Waals surface area contributed by atoms with E-state index in [1.54, 1.807) is 0 Å². The lowest BCUT2D eigenvalue weighted by molar-refractivity contribution is -0.0503. The quantitative estimate of drug-likeness (QED) is 0.153. The van der Waals surface area contributed by atoms with Crippen LogP contribution in [0.3, 0.4) is 0 Å². The second kappa shape index (κ2) is 8.53. The molecule has 2 unspecified atom stereocenters. The molecule has 3 heterocycles. The average molecular weight is 517 g/mol. The zero-order chi connectivity index (χ0) is 23.2. The van der Waals surface area contributed by atoms with Gasteiger partial charge in [-0.25, -0.2) is 28.6 Å². The Labute approximate surface area is 171 Å². The highest BCUT2D eigenvalue weighted by Crippen LogP contribution is 2.66. The summed E-state index contributed by atoms with van der Waals surface area (Å²) in [7, 11) is -16.7. The maximum absolute atomic E-state index is 11.8. The third kappa shape index (κ3) is 5.71. The molecule has 1 aliphatic rings. The largest absolute Gasteiger partial charge is 0.490 e. The summed E-state index contributed by atoms with van der Waals surface area (Å²) in [5.74, 6) is 0.0426. The van der Waals surface area contributed by atoms with Gasteiger partial charge in [-0.1, -0.05) is 0 Å². The average Bonchev–Trinajstić information content (AvgIpc) is 3.13. The molecule has 3 rings (SSSR count). The molecule has 8 N–H and O–H groups in total. The van der Waals surface area contributed by atoms with E-state index < -0.39 is 54.6 Å². The molecule has 31 heavy (non-hydrogen) atoms. The molecule has 2 aromatic rings. The number of nitrogen functional groups attached to an aromatic ring is 1. The van der Waals surface area contributed by atoms with E-state index in [1.807, 2.05) is 0 Å². The van der Waals surface area contributed by atoms with Crippen molar-refractivity contribution < 1.29 is 61.4 Å². The monoisotopic (exact) mass is 517 g/mol. The highest BCUT2D eigenvalue weighted by atomic mass is 31.3. The van der Waals surface area contributed by atoms with Gasteiger partial charge in [-0.05, 0) is 0 Å². The number of phosphoric acid groups is 3. The minimum Gasteiger partial charge on any atom is -0.387 e. The molecule has 18 nitrogen and oxygen atoms in total. The van der Waals surface area contributed by atoms with Gasteiger partial charge in [0.05, 0.1) is 12.9 Å². The van der Waals surface area contributed by atoms with E-state index in [0.29, 0.717) is 0 Å². The molecule has 1 saturated heterocycles. The van der Waals surface area contributed by atoms with Crippen molar-refractivity contribution in [1.82, 2.24) is 19.5 Å². The summed E-state index contributed by atoms with van der Waals surface area (Å²) >= 11 is 0. The molecule has 1 fully saturated rings.